The van der Waals surface area contributed by atoms with Crippen LogP contribution in [-0.4, -0.2) is 49.2 Å². The topological polar surface area (TPSA) is 67.3 Å². The molecule has 6 heteroatoms. The van der Waals surface area contributed by atoms with Crippen LogP contribution in [0.1, 0.15) is 30.3 Å². The number of hydrogen-bond acceptors (Lipinski definition) is 5. The van der Waals surface area contributed by atoms with Crippen molar-refractivity contribution in [3.05, 3.63) is 18.1 Å². The van der Waals surface area contributed by atoms with Gasteiger partial charge in [-0.05, 0) is 18.8 Å². The number of nitrogens with zero attached hydrogens (tertiary/aromatic N) is 3. The Labute approximate surface area is 119 Å². The molecule has 1 amide bonds. The number of aromatic nitrogens is 2. The molecule has 0 spiro atoms. The number of piperidine rings is 1. The zero-order chi connectivity index (χ0) is 14.4. The van der Waals surface area contributed by atoms with Crippen molar-refractivity contribution in [1.29, 1.82) is 0 Å². The quantitative estimate of drug-likeness (QED) is 0.817. The summed E-state index contributed by atoms with van der Waals surface area (Å²) < 4.78 is 4.90. The average Bonchev–Trinajstić information content (AvgIpc) is 2.48. The first-order valence-corrected chi connectivity index (χ1v) is 7.05. The van der Waals surface area contributed by atoms with E-state index in [9.17, 15) is 4.79 Å². The second-order valence-electron chi connectivity index (χ2n) is 5.18. The molecule has 2 heterocycles. The van der Waals surface area contributed by atoms with E-state index in [1.54, 1.807) is 13.2 Å². The van der Waals surface area contributed by atoms with Gasteiger partial charge in [0, 0.05) is 32.8 Å². The van der Waals surface area contributed by atoms with Gasteiger partial charge in [-0.25, -0.2) is 9.97 Å². The summed E-state index contributed by atoms with van der Waals surface area (Å²) in [6.45, 7) is 5.22. The maximum atomic E-state index is 11.9. The predicted molar refractivity (Wildman–Crippen MR) is 76.9 cm³/mol. The van der Waals surface area contributed by atoms with Crippen LogP contribution in [0.4, 0.5) is 5.82 Å². The van der Waals surface area contributed by atoms with Gasteiger partial charge in [0.1, 0.15) is 17.8 Å². The molecule has 0 saturated carbocycles. The molecular weight excluding hydrogens is 256 g/mol. The summed E-state index contributed by atoms with van der Waals surface area (Å²) in [7, 11) is 1.60. The first-order chi connectivity index (χ1) is 9.70. The van der Waals surface area contributed by atoms with Gasteiger partial charge >= 0.3 is 0 Å². The van der Waals surface area contributed by atoms with E-state index in [2.05, 4.69) is 27.1 Å². The maximum absolute atomic E-state index is 11.9. The highest BCUT2D eigenvalue weighted by Crippen LogP contribution is 2.21. The number of hydrogen-bond donors (Lipinski definition) is 1. The second-order valence-corrected chi connectivity index (χ2v) is 5.18. The van der Waals surface area contributed by atoms with E-state index in [1.807, 2.05) is 0 Å². The Morgan fingerprint density at radius 3 is 2.90 bits per heavy atom. The van der Waals surface area contributed by atoms with Crippen LogP contribution in [0.3, 0.4) is 0 Å². The van der Waals surface area contributed by atoms with Gasteiger partial charge in [-0.15, -0.1) is 0 Å². The van der Waals surface area contributed by atoms with Crippen molar-refractivity contribution >= 4 is 11.7 Å². The molecular formula is C14H22N4O2. The fraction of sp³-hybridized carbons (Fsp3) is 0.643. The Morgan fingerprint density at radius 2 is 2.20 bits per heavy atom. The van der Waals surface area contributed by atoms with Gasteiger partial charge in [-0.1, -0.05) is 6.92 Å². The van der Waals surface area contributed by atoms with E-state index >= 15 is 0 Å². The van der Waals surface area contributed by atoms with Gasteiger partial charge in [-0.2, -0.15) is 0 Å². The minimum Gasteiger partial charge on any atom is -0.383 e. The van der Waals surface area contributed by atoms with E-state index in [-0.39, 0.29) is 5.91 Å². The lowest BCUT2D eigenvalue weighted by atomic mass is 9.99. The average molecular weight is 278 g/mol. The van der Waals surface area contributed by atoms with Crippen LogP contribution in [-0.2, 0) is 4.74 Å². The third kappa shape index (κ3) is 3.90. The summed E-state index contributed by atoms with van der Waals surface area (Å²) in [5, 5.41) is 2.76. The molecule has 1 fully saturated rings. The van der Waals surface area contributed by atoms with Crippen LogP contribution in [0.25, 0.3) is 0 Å². The van der Waals surface area contributed by atoms with Crippen molar-refractivity contribution in [2.24, 2.45) is 5.92 Å². The Balaban J connectivity index is 1.98. The predicted octanol–water partition coefficient (Wildman–Crippen LogP) is 1.09. The van der Waals surface area contributed by atoms with Gasteiger partial charge in [0.2, 0.25) is 0 Å². The number of ether oxygens (including phenoxy) is 1. The molecule has 0 aromatic carbocycles. The lowest BCUT2D eigenvalue weighted by Gasteiger charge is -2.31. The lowest BCUT2D eigenvalue weighted by Crippen LogP contribution is -2.34. The first kappa shape index (κ1) is 14.7. The Kier molecular flexibility index (Phi) is 5.29. The highest BCUT2D eigenvalue weighted by Gasteiger charge is 2.18. The number of methoxy groups -OCH3 is 1. The largest absolute Gasteiger partial charge is 0.383 e. The standard InChI is InChI=1S/C14H22N4O2/c1-11-3-6-18(7-4-11)13-9-12(16-10-17-13)14(19)15-5-8-20-2/h9-11H,3-8H2,1-2H3,(H,15,19). The first-order valence-electron chi connectivity index (χ1n) is 7.05. The minimum atomic E-state index is -0.184. The molecule has 1 N–H and O–H groups in total. The summed E-state index contributed by atoms with van der Waals surface area (Å²) in [5.74, 6) is 1.42. The smallest absolute Gasteiger partial charge is 0.270 e. The minimum absolute atomic E-state index is 0.184. The van der Waals surface area contributed by atoms with Crippen molar-refractivity contribution in [2.75, 3.05) is 38.3 Å². The van der Waals surface area contributed by atoms with Gasteiger partial charge in [-0.3, -0.25) is 4.79 Å². The monoisotopic (exact) mass is 278 g/mol. The molecule has 1 aromatic rings. The lowest BCUT2D eigenvalue weighted by molar-refractivity contribution is 0.0932. The molecule has 1 aliphatic heterocycles. The fourth-order valence-corrected chi connectivity index (χ4v) is 2.24. The molecule has 1 saturated heterocycles. The number of anilines is 1. The van der Waals surface area contributed by atoms with Crippen LogP contribution >= 0.6 is 0 Å². The molecule has 2 rings (SSSR count). The fourth-order valence-electron chi connectivity index (χ4n) is 2.24. The van der Waals surface area contributed by atoms with Crippen molar-refractivity contribution in [3.63, 3.8) is 0 Å². The third-order valence-electron chi connectivity index (χ3n) is 3.58. The van der Waals surface area contributed by atoms with Crippen molar-refractivity contribution in [1.82, 2.24) is 15.3 Å². The van der Waals surface area contributed by atoms with Crippen molar-refractivity contribution < 1.29 is 9.53 Å². The second kappa shape index (κ2) is 7.19. The van der Waals surface area contributed by atoms with Crippen LogP contribution in [0.5, 0.6) is 0 Å². The van der Waals surface area contributed by atoms with Crippen LogP contribution < -0.4 is 10.2 Å². The zero-order valence-electron chi connectivity index (χ0n) is 12.1. The van der Waals surface area contributed by atoms with E-state index in [1.165, 1.54) is 19.2 Å². The number of rotatable bonds is 5. The van der Waals surface area contributed by atoms with Gasteiger partial charge < -0.3 is 15.0 Å². The molecule has 20 heavy (non-hydrogen) atoms. The highest BCUT2D eigenvalue weighted by atomic mass is 16.5. The third-order valence-corrected chi connectivity index (χ3v) is 3.58. The Bertz CT molecular complexity index is 445. The Hall–Kier alpha value is -1.69. The van der Waals surface area contributed by atoms with Crippen LogP contribution in [0.15, 0.2) is 12.4 Å². The molecule has 0 unspecified atom stereocenters. The molecule has 1 aliphatic rings. The number of carbonyl (C=O) groups excluding carboxylic acids is 1. The Morgan fingerprint density at radius 1 is 1.45 bits per heavy atom. The summed E-state index contributed by atoms with van der Waals surface area (Å²) >= 11 is 0. The van der Waals surface area contributed by atoms with Crippen molar-refractivity contribution in [2.45, 2.75) is 19.8 Å². The zero-order valence-corrected chi connectivity index (χ0v) is 12.1. The van der Waals surface area contributed by atoms with E-state index in [4.69, 9.17) is 4.74 Å². The molecule has 0 bridgehead atoms. The van der Waals surface area contributed by atoms with Gasteiger partial charge in [0.25, 0.3) is 5.91 Å². The van der Waals surface area contributed by atoms with E-state index in [0.717, 1.165) is 24.8 Å². The van der Waals surface area contributed by atoms with Crippen LogP contribution in [0.2, 0.25) is 0 Å². The highest BCUT2D eigenvalue weighted by molar-refractivity contribution is 5.92. The summed E-state index contributed by atoms with van der Waals surface area (Å²) in [6, 6.07) is 1.76. The molecule has 0 aliphatic carbocycles. The van der Waals surface area contributed by atoms with Gasteiger partial charge in [0.05, 0.1) is 6.61 Å². The van der Waals surface area contributed by atoms with E-state index in [0.29, 0.717) is 18.8 Å². The summed E-state index contributed by atoms with van der Waals surface area (Å²) in [4.78, 5) is 22.5. The molecule has 6 nitrogen and oxygen atoms in total. The molecule has 0 atom stereocenters. The van der Waals surface area contributed by atoms with Gasteiger partial charge in [0.15, 0.2) is 0 Å². The summed E-state index contributed by atoms with van der Waals surface area (Å²) in [5.41, 5.74) is 0.407. The number of amides is 1. The van der Waals surface area contributed by atoms with Crippen LogP contribution in [0, 0.1) is 5.92 Å². The normalized spacial score (nSPS) is 16.2. The SMILES string of the molecule is COCCNC(=O)c1cc(N2CCC(C)CC2)ncn1. The molecule has 1 aromatic heterocycles. The molecule has 110 valence electrons. The maximum Gasteiger partial charge on any atom is 0.270 e. The summed E-state index contributed by atoms with van der Waals surface area (Å²) in [6.07, 6.45) is 3.79. The van der Waals surface area contributed by atoms with Crippen molar-refractivity contribution in [3.8, 4) is 0 Å². The molecule has 0 radical (unpaired) electrons. The van der Waals surface area contributed by atoms with E-state index < -0.39 is 0 Å². The number of carbonyl (C=O) groups is 1. The number of nitrogens with one attached hydrogen (secondary N) is 1.